The summed E-state index contributed by atoms with van der Waals surface area (Å²) in [4.78, 5) is 12.0. The highest BCUT2D eigenvalue weighted by molar-refractivity contribution is 5.85. The van der Waals surface area contributed by atoms with Crippen LogP contribution < -0.4 is 15.4 Å². The Morgan fingerprint density at radius 1 is 1.08 bits per heavy atom. The van der Waals surface area contributed by atoms with E-state index in [0.717, 1.165) is 36.4 Å². The Kier molecular flexibility index (Phi) is 7.09. The average Bonchev–Trinajstić information content (AvgIpc) is 3.14. The summed E-state index contributed by atoms with van der Waals surface area (Å²) in [6.45, 7) is 2.86. The fourth-order valence-electron chi connectivity index (χ4n) is 2.65. The van der Waals surface area contributed by atoms with Gasteiger partial charge in [-0.05, 0) is 36.2 Å². The third-order valence-electron chi connectivity index (χ3n) is 4.07. The number of amides is 1. The highest BCUT2D eigenvalue weighted by Gasteiger charge is 2.21. The van der Waals surface area contributed by atoms with E-state index in [1.54, 1.807) is 0 Å². The Morgan fingerprint density at radius 3 is 2.46 bits per heavy atom. The van der Waals surface area contributed by atoms with Gasteiger partial charge in [0.25, 0.3) is 0 Å². The minimum absolute atomic E-state index is 0. The van der Waals surface area contributed by atoms with E-state index in [0.29, 0.717) is 13.2 Å². The predicted octanol–water partition coefficient (Wildman–Crippen LogP) is 2.91. The molecule has 1 atom stereocenters. The van der Waals surface area contributed by atoms with Crippen LogP contribution in [0.2, 0.25) is 0 Å². The average molecular weight is 347 g/mol. The van der Waals surface area contributed by atoms with Crippen LogP contribution in [0.5, 0.6) is 5.75 Å². The number of carbonyl (C=O) groups excluding carboxylic acids is 1. The number of rotatable bonds is 6. The van der Waals surface area contributed by atoms with E-state index in [4.69, 9.17) is 4.74 Å². The van der Waals surface area contributed by atoms with Gasteiger partial charge in [0, 0.05) is 13.1 Å². The lowest BCUT2D eigenvalue weighted by Gasteiger charge is -2.10. The molecule has 0 aliphatic carbocycles. The van der Waals surface area contributed by atoms with Crippen molar-refractivity contribution in [3.63, 3.8) is 0 Å². The Morgan fingerprint density at radius 2 is 1.79 bits per heavy atom. The van der Waals surface area contributed by atoms with Gasteiger partial charge in [0.05, 0.1) is 5.92 Å². The lowest BCUT2D eigenvalue weighted by atomic mass is 10.1. The Balaban J connectivity index is 0.00000208. The van der Waals surface area contributed by atoms with Gasteiger partial charge in [-0.1, -0.05) is 42.5 Å². The molecule has 1 aliphatic rings. The van der Waals surface area contributed by atoms with Crippen LogP contribution >= 0.6 is 12.4 Å². The molecule has 1 amide bonds. The summed E-state index contributed by atoms with van der Waals surface area (Å²) in [5.41, 5.74) is 2.22. The SMILES string of the molecule is Cl.O=C(NCc1ccc(COc2ccccc2)cc1)C1CCNC1. The first kappa shape index (κ1) is 18.3. The van der Waals surface area contributed by atoms with Crippen molar-refractivity contribution < 1.29 is 9.53 Å². The molecule has 4 nitrogen and oxygen atoms in total. The van der Waals surface area contributed by atoms with E-state index in [9.17, 15) is 4.79 Å². The molecule has 3 rings (SSSR count). The molecule has 1 saturated heterocycles. The third-order valence-corrected chi connectivity index (χ3v) is 4.07. The zero-order chi connectivity index (χ0) is 15.9. The quantitative estimate of drug-likeness (QED) is 0.845. The van der Waals surface area contributed by atoms with E-state index < -0.39 is 0 Å². The molecule has 1 fully saturated rings. The Labute approximate surface area is 149 Å². The number of carbonyl (C=O) groups is 1. The number of hydrogen-bond donors (Lipinski definition) is 2. The molecule has 24 heavy (non-hydrogen) atoms. The van der Waals surface area contributed by atoms with Gasteiger partial charge in [0.15, 0.2) is 0 Å². The van der Waals surface area contributed by atoms with Crippen LogP contribution in [0.1, 0.15) is 17.5 Å². The van der Waals surface area contributed by atoms with Crippen molar-refractivity contribution in [2.24, 2.45) is 5.92 Å². The molecule has 2 N–H and O–H groups in total. The van der Waals surface area contributed by atoms with Gasteiger partial charge in [0.1, 0.15) is 12.4 Å². The molecular weight excluding hydrogens is 324 g/mol. The lowest BCUT2D eigenvalue weighted by Crippen LogP contribution is -2.31. The van der Waals surface area contributed by atoms with Crippen LogP contribution in [0.15, 0.2) is 54.6 Å². The van der Waals surface area contributed by atoms with Gasteiger partial charge < -0.3 is 15.4 Å². The van der Waals surface area contributed by atoms with Crippen molar-refractivity contribution in [3.8, 4) is 5.75 Å². The van der Waals surface area contributed by atoms with Gasteiger partial charge >= 0.3 is 0 Å². The first-order valence-corrected chi connectivity index (χ1v) is 8.05. The maximum absolute atomic E-state index is 12.0. The van der Waals surface area contributed by atoms with E-state index in [2.05, 4.69) is 10.6 Å². The molecule has 0 radical (unpaired) electrons. The number of para-hydroxylation sites is 1. The smallest absolute Gasteiger partial charge is 0.224 e. The van der Waals surface area contributed by atoms with Crippen molar-refractivity contribution in [2.45, 2.75) is 19.6 Å². The maximum atomic E-state index is 12.0. The molecule has 1 aliphatic heterocycles. The molecule has 5 heteroatoms. The first-order chi connectivity index (χ1) is 11.3. The van der Waals surface area contributed by atoms with Crippen molar-refractivity contribution in [1.82, 2.24) is 10.6 Å². The molecule has 0 spiro atoms. The minimum Gasteiger partial charge on any atom is -0.489 e. The Hall–Kier alpha value is -2.04. The van der Waals surface area contributed by atoms with Gasteiger partial charge in [0.2, 0.25) is 5.91 Å². The summed E-state index contributed by atoms with van der Waals surface area (Å²) in [6, 6.07) is 17.9. The number of hydrogen-bond acceptors (Lipinski definition) is 3. The molecule has 1 heterocycles. The summed E-state index contributed by atoms with van der Waals surface area (Å²) in [6.07, 6.45) is 0.932. The number of ether oxygens (including phenoxy) is 1. The van der Waals surface area contributed by atoms with Crippen LogP contribution in [-0.2, 0) is 17.9 Å². The second-order valence-electron chi connectivity index (χ2n) is 5.83. The number of nitrogens with one attached hydrogen (secondary N) is 2. The summed E-state index contributed by atoms with van der Waals surface area (Å²) in [5, 5.41) is 6.22. The van der Waals surface area contributed by atoms with Gasteiger partial charge in [-0.2, -0.15) is 0 Å². The van der Waals surface area contributed by atoms with E-state index in [1.807, 2.05) is 54.6 Å². The van der Waals surface area contributed by atoms with Crippen LogP contribution in [0.3, 0.4) is 0 Å². The highest BCUT2D eigenvalue weighted by atomic mass is 35.5. The standard InChI is InChI=1S/C19H22N2O2.ClH/c22-19(17-10-11-20-13-17)21-12-15-6-8-16(9-7-15)14-23-18-4-2-1-3-5-18;/h1-9,17,20H,10-14H2,(H,21,22);1H. The van der Waals surface area contributed by atoms with Crippen molar-refractivity contribution in [3.05, 3.63) is 65.7 Å². The van der Waals surface area contributed by atoms with Gasteiger partial charge in [-0.3, -0.25) is 4.79 Å². The van der Waals surface area contributed by atoms with Gasteiger partial charge in [-0.25, -0.2) is 0 Å². The molecule has 0 aromatic heterocycles. The monoisotopic (exact) mass is 346 g/mol. The molecule has 128 valence electrons. The fraction of sp³-hybridized carbons (Fsp3) is 0.316. The summed E-state index contributed by atoms with van der Waals surface area (Å²) in [7, 11) is 0. The van der Waals surface area contributed by atoms with E-state index in [-0.39, 0.29) is 24.2 Å². The topological polar surface area (TPSA) is 50.4 Å². The van der Waals surface area contributed by atoms with Crippen molar-refractivity contribution in [1.29, 1.82) is 0 Å². The molecule has 2 aromatic rings. The third kappa shape index (κ3) is 5.25. The maximum Gasteiger partial charge on any atom is 0.224 e. The highest BCUT2D eigenvalue weighted by Crippen LogP contribution is 2.13. The fourth-order valence-corrected chi connectivity index (χ4v) is 2.65. The first-order valence-electron chi connectivity index (χ1n) is 8.05. The second-order valence-corrected chi connectivity index (χ2v) is 5.83. The zero-order valence-electron chi connectivity index (χ0n) is 13.5. The van der Waals surface area contributed by atoms with E-state index in [1.165, 1.54) is 0 Å². The summed E-state index contributed by atoms with van der Waals surface area (Å²) in [5.74, 6) is 1.13. The number of benzene rings is 2. The molecule has 0 bridgehead atoms. The predicted molar refractivity (Wildman–Crippen MR) is 97.3 cm³/mol. The molecule has 0 saturated carbocycles. The summed E-state index contributed by atoms with van der Waals surface area (Å²) >= 11 is 0. The van der Waals surface area contributed by atoms with Crippen LogP contribution in [0, 0.1) is 5.92 Å². The molecule has 2 aromatic carbocycles. The van der Waals surface area contributed by atoms with Crippen LogP contribution in [0.4, 0.5) is 0 Å². The number of halogens is 1. The van der Waals surface area contributed by atoms with Crippen LogP contribution in [0.25, 0.3) is 0 Å². The minimum atomic E-state index is 0. The van der Waals surface area contributed by atoms with E-state index >= 15 is 0 Å². The summed E-state index contributed by atoms with van der Waals surface area (Å²) < 4.78 is 5.72. The normalized spacial score (nSPS) is 16.2. The Bertz CT molecular complexity index is 626. The largest absolute Gasteiger partial charge is 0.489 e. The lowest BCUT2D eigenvalue weighted by molar-refractivity contribution is -0.124. The second kappa shape index (κ2) is 9.30. The van der Waals surface area contributed by atoms with Gasteiger partial charge in [-0.15, -0.1) is 12.4 Å². The van der Waals surface area contributed by atoms with Crippen molar-refractivity contribution in [2.75, 3.05) is 13.1 Å². The zero-order valence-corrected chi connectivity index (χ0v) is 14.4. The van der Waals surface area contributed by atoms with Crippen molar-refractivity contribution >= 4 is 18.3 Å². The molecule has 1 unspecified atom stereocenters. The van der Waals surface area contributed by atoms with Crippen LogP contribution in [-0.4, -0.2) is 19.0 Å². The molecular formula is C19H23ClN2O2.